The number of aromatic nitrogens is 1. The van der Waals surface area contributed by atoms with Gasteiger partial charge in [-0.15, -0.1) is 11.6 Å². The summed E-state index contributed by atoms with van der Waals surface area (Å²) in [5.41, 5.74) is 0. The maximum Gasteiger partial charge on any atom is 0.235 e. The molecule has 0 saturated carbocycles. The van der Waals surface area contributed by atoms with E-state index in [-0.39, 0.29) is 17.5 Å². The SMILES string of the molecule is O=S(=O)(CCCl)Nc1ccc(F)cn1. The van der Waals surface area contributed by atoms with Gasteiger partial charge in [0.15, 0.2) is 0 Å². The van der Waals surface area contributed by atoms with Crippen molar-refractivity contribution in [2.75, 3.05) is 16.4 Å². The van der Waals surface area contributed by atoms with Crippen LogP contribution in [0, 0.1) is 5.82 Å². The van der Waals surface area contributed by atoms with Gasteiger partial charge in [-0.3, -0.25) is 4.72 Å². The van der Waals surface area contributed by atoms with Crippen molar-refractivity contribution in [2.45, 2.75) is 0 Å². The van der Waals surface area contributed by atoms with Crippen LogP contribution in [-0.2, 0) is 10.0 Å². The van der Waals surface area contributed by atoms with E-state index in [1.54, 1.807) is 0 Å². The standard InChI is InChI=1S/C7H8ClFN2O2S/c8-3-4-14(12,13)11-7-2-1-6(9)5-10-7/h1-2,5H,3-4H2,(H,10,11). The number of sulfonamides is 1. The van der Waals surface area contributed by atoms with Crippen LogP contribution < -0.4 is 4.72 Å². The molecular weight excluding hydrogens is 231 g/mol. The molecule has 0 spiro atoms. The molecule has 78 valence electrons. The Morgan fingerprint density at radius 3 is 2.71 bits per heavy atom. The van der Waals surface area contributed by atoms with Crippen LogP contribution in [0.25, 0.3) is 0 Å². The Balaban J connectivity index is 2.74. The highest BCUT2D eigenvalue weighted by atomic mass is 35.5. The molecule has 0 radical (unpaired) electrons. The Hall–Kier alpha value is -0.880. The average Bonchev–Trinajstić information content (AvgIpc) is 2.08. The van der Waals surface area contributed by atoms with Crippen molar-refractivity contribution >= 4 is 27.4 Å². The van der Waals surface area contributed by atoms with Crippen molar-refractivity contribution in [2.24, 2.45) is 0 Å². The molecule has 0 amide bonds. The number of halogens is 2. The molecule has 7 heteroatoms. The summed E-state index contributed by atoms with van der Waals surface area (Å²) in [4.78, 5) is 3.54. The predicted molar refractivity (Wildman–Crippen MR) is 52.3 cm³/mol. The van der Waals surface area contributed by atoms with Crippen molar-refractivity contribution in [3.05, 3.63) is 24.1 Å². The largest absolute Gasteiger partial charge is 0.267 e. The second-order valence-corrected chi connectivity index (χ2v) is 4.69. The maximum atomic E-state index is 12.4. The molecule has 4 nitrogen and oxygen atoms in total. The minimum Gasteiger partial charge on any atom is -0.267 e. The Bertz CT molecular complexity index is 393. The van der Waals surface area contributed by atoms with Crippen LogP contribution in [0.1, 0.15) is 0 Å². The van der Waals surface area contributed by atoms with Crippen molar-refractivity contribution in [3.8, 4) is 0 Å². The Labute approximate surface area is 86.2 Å². The van der Waals surface area contributed by atoms with E-state index in [4.69, 9.17) is 11.6 Å². The minimum absolute atomic E-state index is 0.00344. The van der Waals surface area contributed by atoms with Crippen molar-refractivity contribution < 1.29 is 12.8 Å². The Morgan fingerprint density at radius 2 is 2.21 bits per heavy atom. The van der Waals surface area contributed by atoms with E-state index >= 15 is 0 Å². The monoisotopic (exact) mass is 238 g/mol. The molecule has 0 aliphatic heterocycles. The second kappa shape index (κ2) is 4.56. The zero-order chi connectivity index (χ0) is 10.6. The van der Waals surface area contributed by atoms with E-state index in [0.717, 1.165) is 12.3 Å². The summed E-state index contributed by atoms with van der Waals surface area (Å²) in [5, 5.41) is 0. The zero-order valence-corrected chi connectivity index (χ0v) is 8.65. The van der Waals surface area contributed by atoms with Gasteiger partial charge in [0.25, 0.3) is 0 Å². The normalized spacial score (nSPS) is 11.3. The van der Waals surface area contributed by atoms with Gasteiger partial charge >= 0.3 is 0 Å². The lowest BCUT2D eigenvalue weighted by Crippen LogP contribution is -2.18. The van der Waals surface area contributed by atoms with Crippen LogP contribution >= 0.6 is 11.6 Å². The summed E-state index contributed by atoms with van der Waals surface area (Å²) in [6, 6.07) is 2.35. The third kappa shape index (κ3) is 3.47. The van der Waals surface area contributed by atoms with Gasteiger partial charge in [-0.2, -0.15) is 0 Å². The second-order valence-electron chi connectivity index (χ2n) is 2.47. The number of pyridine rings is 1. The number of hydrogen-bond donors (Lipinski definition) is 1. The lowest BCUT2D eigenvalue weighted by atomic mass is 10.5. The fraction of sp³-hybridized carbons (Fsp3) is 0.286. The quantitative estimate of drug-likeness (QED) is 0.802. The molecule has 0 fully saturated rings. The molecule has 0 saturated heterocycles. The minimum atomic E-state index is -3.46. The number of hydrogen-bond acceptors (Lipinski definition) is 3. The molecule has 0 aliphatic rings. The van der Waals surface area contributed by atoms with Crippen molar-refractivity contribution in [3.63, 3.8) is 0 Å². The Kier molecular flexibility index (Phi) is 3.65. The van der Waals surface area contributed by atoms with Crippen LogP contribution in [0.2, 0.25) is 0 Å². The van der Waals surface area contributed by atoms with Crippen LogP contribution in [-0.4, -0.2) is 25.0 Å². The van der Waals surface area contributed by atoms with Gasteiger partial charge < -0.3 is 0 Å². The molecule has 1 N–H and O–H groups in total. The summed E-state index contributed by atoms with van der Waals surface area (Å²) >= 11 is 5.28. The highest BCUT2D eigenvalue weighted by Crippen LogP contribution is 2.06. The van der Waals surface area contributed by atoms with E-state index in [0.29, 0.717) is 0 Å². The zero-order valence-electron chi connectivity index (χ0n) is 7.07. The summed E-state index contributed by atoms with van der Waals surface area (Å²) in [7, 11) is -3.46. The number of rotatable bonds is 4. The van der Waals surface area contributed by atoms with Crippen molar-refractivity contribution in [1.29, 1.82) is 0 Å². The molecule has 1 aromatic heterocycles. The van der Waals surface area contributed by atoms with Gasteiger partial charge in [0.1, 0.15) is 11.6 Å². The van der Waals surface area contributed by atoms with Crippen LogP contribution in [0.3, 0.4) is 0 Å². The van der Waals surface area contributed by atoms with E-state index < -0.39 is 15.8 Å². The van der Waals surface area contributed by atoms with Gasteiger partial charge in [-0.25, -0.2) is 17.8 Å². The summed E-state index contributed by atoms with van der Waals surface area (Å²) < 4.78 is 36.9. The predicted octanol–water partition coefficient (Wildman–Crippen LogP) is 1.20. The molecule has 0 unspecified atom stereocenters. The summed E-state index contributed by atoms with van der Waals surface area (Å²) in [5.74, 6) is -0.647. The van der Waals surface area contributed by atoms with Gasteiger partial charge in [-0.05, 0) is 12.1 Å². The molecule has 0 atom stereocenters. The van der Waals surface area contributed by atoms with E-state index in [1.165, 1.54) is 6.07 Å². The number of nitrogens with one attached hydrogen (secondary N) is 1. The molecule has 1 rings (SSSR count). The van der Waals surface area contributed by atoms with E-state index in [9.17, 15) is 12.8 Å². The van der Waals surface area contributed by atoms with Crippen molar-refractivity contribution in [1.82, 2.24) is 4.98 Å². The topological polar surface area (TPSA) is 59.1 Å². The van der Waals surface area contributed by atoms with Gasteiger partial charge in [0.05, 0.1) is 11.9 Å². The first kappa shape index (κ1) is 11.2. The molecule has 1 heterocycles. The average molecular weight is 239 g/mol. The third-order valence-electron chi connectivity index (χ3n) is 1.33. The Morgan fingerprint density at radius 1 is 1.50 bits per heavy atom. The number of anilines is 1. The van der Waals surface area contributed by atoms with Crippen LogP contribution in [0.5, 0.6) is 0 Å². The van der Waals surface area contributed by atoms with Gasteiger partial charge in [-0.1, -0.05) is 0 Å². The first-order chi connectivity index (χ1) is 6.53. The van der Waals surface area contributed by atoms with E-state index in [2.05, 4.69) is 9.71 Å². The summed E-state index contributed by atoms with van der Waals surface area (Å²) in [6.45, 7) is 0. The lowest BCUT2D eigenvalue weighted by molar-refractivity contribution is 0.601. The highest BCUT2D eigenvalue weighted by molar-refractivity contribution is 7.92. The lowest BCUT2D eigenvalue weighted by Gasteiger charge is -2.04. The first-order valence-electron chi connectivity index (χ1n) is 3.71. The van der Waals surface area contributed by atoms with Crippen LogP contribution in [0.15, 0.2) is 18.3 Å². The number of nitrogens with zero attached hydrogens (tertiary/aromatic N) is 1. The molecule has 0 aromatic carbocycles. The fourth-order valence-electron chi connectivity index (χ4n) is 0.748. The van der Waals surface area contributed by atoms with Gasteiger partial charge in [0.2, 0.25) is 10.0 Å². The molecular formula is C7H8ClFN2O2S. The smallest absolute Gasteiger partial charge is 0.235 e. The maximum absolute atomic E-state index is 12.4. The molecule has 0 aliphatic carbocycles. The van der Waals surface area contributed by atoms with Crippen LogP contribution in [0.4, 0.5) is 10.2 Å². The van der Waals surface area contributed by atoms with E-state index in [1.807, 2.05) is 0 Å². The first-order valence-corrected chi connectivity index (χ1v) is 5.90. The highest BCUT2D eigenvalue weighted by Gasteiger charge is 2.09. The molecule has 14 heavy (non-hydrogen) atoms. The molecule has 0 bridgehead atoms. The summed E-state index contributed by atoms with van der Waals surface area (Å²) in [6.07, 6.45) is 0.929. The third-order valence-corrected chi connectivity index (χ3v) is 3.01. The number of alkyl halides is 1. The fourth-order valence-corrected chi connectivity index (χ4v) is 2.10. The molecule has 1 aromatic rings. The van der Waals surface area contributed by atoms with Gasteiger partial charge in [0, 0.05) is 5.88 Å².